The summed E-state index contributed by atoms with van der Waals surface area (Å²) in [6.45, 7) is 6.88. The normalized spacial score (nSPS) is 15.6. The summed E-state index contributed by atoms with van der Waals surface area (Å²) in [7, 11) is 0. The fourth-order valence-electron chi connectivity index (χ4n) is 6.51. The van der Waals surface area contributed by atoms with Gasteiger partial charge in [-0.15, -0.1) is 53.6 Å². The molecule has 3 nitrogen and oxygen atoms in total. The van der Waals surface area contributed by atoms with Gasteiger partial charge in [0.1, 0.15) is 5.58 Å². The standard InChI is InChI=1S/C29H26NO.C11H8N.Ir/c1-18-14-24-23-6-4-5-7-26(23)31-28(24)25(15-18)27-22-9-8-19(16-20(22)11-13-30-27)21-10-12-29(2,3)17-21;1-2-6-10(7-3-1)11-8-4-5-9-12-11;/h4-9,11,13-14,16,21H,10,12,17H2,1-3H3;1-6,8-9H;/q2*-1;. The summed E-state index contributed by atoms with van der Waals surface area (Å²) in [5.74, 6) is 0.656. The molecule has 0 amide bonds. The van der Waals surface area contributed by atoms with E-state index >= 15 is 0 Å². The van der Waals surface area contributed by atoms with Crippen molar-refractivity contribution in [3.05, 3.63) is 133 Å². The Morgan fingerprint density at radius 1 is 0.818 bits per heavy atom. The van der Waals surface area contributed by atoms with Crippen LogP contribution in [-0.4, -0.2) is 9.97 Å². The summed E-state index contributed by atoms with van der Waals surface area (Å²) < 4.78 is 6.30. The predicted octanol–water partition coefficient (Wildman–Crippen LogP) is 10.7. The molecule has 0 saturated heterocycles. The number of hydrogen-bond donors (Lipinski definition) is 0. The van der Waals surface area contributed by atoms with Gasteiger partial charge in [0.25, 0.3) is 0 Å². The SMILES string of the molecule is Cc1[c-]c(-c2nccc3cc(C4CCC(C)(C)C4)ccc23)c2oc3ccccc3c2c1.[Ir].[c-]1ccccc1-c1ccccn1. The van der Waals surface area contributed by atoms with Crippen LogP contribution in [0.4, 0.5) is 0 Å². The van der Waals surface area contributed by atoms with Gasteiger partial charge in [0, 0.05) is 37.9 Å². The van der Waals surface area contributed by atoms with Gasteiger partial charge >= 0.3 is 0 Å². The van der Waals surface area contributed by atoms with Crippen molar-refractivity contribution in [3.8, 4) is 22.5 Å². The quantitative estimate of drug-likeness (QED) is 0.169. The molecule has 8 rings (SSSR count). The Morgan fingerprint density at radius 2 is 1.66 bits per heavy atom. The second-order valence-electron chi connectivity index (χ2n) is 12.4. The van der Waals surface area contributed by atoms with Crippen LogP contribution in [0.25, 0.3) is 55.2 Å². The Balaban J connectivity index is 0.000000222. The maximum Gasteiger partial charge on any atom is 0.120 e. The molecule has 1 fully saturated rings. The van der Waals surface area contributed by atoms with E-state index in [1.54, 1.807) is 6.20 Å². The predicted molar refractivity (Wildman–Crippen MR) is 177 cm³/mol. The Labute approximate surface area is 272 Å². The van der Waals surface area contributed by atoms with E-state index in [0.29, 0.717) is 11.3 Å². The van der Waals surface area contributed by atoms with E-state index in [2.05, 4.69) is 80.4 Å². The third-order valence-corrected chi connectivity index (χ3v) is 8.66. The van der Waals surface area contributed by atoms with Crippen LogP contribution in [0.2, 0.25) is 0 Å². The van der Waals surface area contributed by atoms with E-state index in [1.165, 1.54) is 30.2 Å². The molecule has 1 aliphatic carbocycles. The van der Waals surface area contributed by atoms with Gasteiger partial charge in [-0.1, -0.05) is 80.3 Å². The molecule has 1 saturated carbocycles. The van der Waals surface area contributed by atoms with Gasteiger partial charge in [0.15, 0.2) is 0 Å². The number of hydrogen-bond acceptors (Lipinski definition) is 3. The molecular weight excluding hydrogens is 717 g/mol. The van der Waals surface area contributed by atoms with Crippen molar-refractivity contribution in [2.75, 3.05) is 0 Å². The minimum absolute atomic E-state index is 0. The minimum atomic E-state index is 0. The molecule has 0 N–H and O–H groups in total. The van der Waals surface area contributed by atoms with Gasteiger partial charge in [0.05, 0.1) is 5.58 Å². The molecule has 4 heteroatoms. The van der Waals surface area contributed by atoms with E-state index < -0.39 is 0 Å². The van der Waals surface area contributed by atoms with Crippen LogP contribution in [0.15, 0.2) is 114 Å². The smallest absolute Gasteiger partial charge is 0.120 e. The molecule has 3 aromatic heterocycles. The molecule has 0 spiro atoms. The van der Waals surface area contributed by atoms with E-state index in [-0.39, 0.29) is 20.1 Å². The fourth-order valence-corrected chi connectivity index (χ4v) is 6.51. The number of fused-ring (bicyclic) bond motifs is 4. The average molecular weight is 751 g/mol. The molecule has 4 aromatic carbocycles. The monoisotopic (exact) mass is 751 g/mol. The van der Waals surface area contributed by atoms with Gasteiger partial charge in [-0.25, -0.2) is 0 Å². The first-order chi connectivity index (χ1) is 20.9. The maximum absolute atomic E-state index is 6.30. The zero-order valence-electron chi connectivity index (χ0n) is 25.2. The van der Waals surface area contributed by atoms with E-state index in [1.807, 2.05) is 60.8 Å². The average Bonchev–Trinajstić information content (AvgIpc) is 3.61. The zero-order chi connectivity index (χ0) is 29.4. The second-order valence-corrected chi connectivity index (χ2v) is 12.4. The summed E-state index contributed by atoms with van der Waals surface area (Å²) in [5.41, 5.74) is 8.69. The Hall–Kier alpha value is -4.11. The fraction of sp³-hybridized carbons (Fsp3) is 0.200. The van der Waals surface area contributed by atoms with Crippen molar-refractivity contribution in [1.29, 1.82) is 0 Å². The Bertz CT molecular complexity index is 2010. The molecule has 1 aliphatic rings. The van der Waals surface area contributed by atoms with Crippen molar-refractivity contribution in [3.63, 3.8) is 0 Å². The van der Waals surface area contributed by atoms with E-state index in [9.17, 15) is 0 Å². The molecule has 0 bridgehead atoms. The number of benzene rings is 4. The van der Waals surface area contributed by atoms with Crippen LogP contribution in [0.1, 0.15) is 50.2 Å². The first kappa shape index (κ1) is 29.9. The number of aromatic nitrogens is 2. The van der Waals surface area contributed by atoms with Crippen LogP contribution in [-0.2, 0) is 20.1 Å². The van der Waals surface area contributed by atoms with Crippen LogP contribution in [0.5, 0.6) is 0 Å². The number of furan rings is 1. The topological polar surface area (TPSA) is 38.9 Å². The van der Waals surface area contributed by atoms with Gasteiger partial charge in [-0.2, -0.15) is 0 Å². The summed E-state index contributed by atoms with van der Waals surface area (Å²) in [4.78, 5) is 9.02. The van der Waals surface area contributed by atoms with Crippen LogP contribution >= 0.6 is 0 Å². The minimum Gasteiger partial charge on any atom is -0.501 e. The van der Waals surface area contributed by atoms with Gasteiger partial charge in [0.2, 0.25) is 0 Å². The van der Waals surface area contributed by atoms with Crippen molar-refractivity contribution in [1.82, 2.24) is 9.97 Å². The summed E-state index contributed by atoms with van der Waals surface area (Å²) in [5, 5.41) is 4.67. The molecule has 44 heavy (non-hydrogen) atoms. The van der Waals surface area contributed by atoms with Gasteiger partial charge < -0.3 is 14.4 Å². The van der Waals surface area contributed by atoms with Crippen LogP contribution < -0.4 is 0 Å². The molecule has 3 heterocycles. The molecular formula is C40H34IrN2O-2. The summed E-state index contributed by atoms with van der Waals surface area (Å²) in [6, 6.07) is 39.8. The molecule has 221 valence electrons. The first-order valence-corrected chi connectivity index (χ1v) is 15.1. The van der Waals surface area contributed by atoms with Crippen molar-refractivity contribution in [2.45, 2.75) is 46.0 Å². The van der Waals surface area contributed by atoms with Crippen molar-refractivity contribution >= 4 is 32.7 Å². The summed E-state index contributed by atoms with van der Waals surface area (Å²) in [6.07, 6.45) is 7.56. The molecule has 0 aliphatic heterocycles. The number of nitrogens with zero attached hydrogens (tertiary/aromatic N) is 2. The van der Waals surface area contributed by atoms with Crippen LogP contribution in [0, 0.1) is 24.5 Å². The van der Waals surface area contributed by atoms with Crippen LogP contribution in [0.3, 0.4) is 0 Å². The molecule has 1 unspecified atom stereocenters. The number of rotatable bonds is 3. The third-order valence-electron chi connectivity index (χ3n) is 8.66. The number of aryl methyl sites for hydroxylation is 1. The first-order valence-electron chi connectivity index (χ1n) is 15.1. The van der Waals surface area contributed by atoms with Crippen molar-refractivity contribution in [2.24, 2.45) is 5.41 Å². The Morgan fingerprint density at radius 3 is 2.43 bits per heavy atom. The second kappa shape index (κ2) is 12.5. The summed E-state index contributed by atoms with van der Waals surface area (Å²) >= 11 is 0. The molecule has 1 radical (unpaired) electrons. The van der Waals surface area contributed by atoms with Gasteiger partial charge in [-0.3, -0.25) is 0 Å². The third kappa shape index (κ3) is 5.98. The number of pyridine rings is 2. The Kier molecular flexibility index (Phi) is 8.49. The molecule has 7 aromatic rings. The van der Waals surface area contributed by atoms with E-state index in [4.69, 9.17) is 9.40 Å². The zero-order valence-corrected chi connectivity index (χ0v) is 27.6. The van der Waals surface area contributed by atoms with E-state index in [0.717, 1.165) is 55.4 Å². The van der Waals surface area contributed by atoms with Gasteiger partial charge in [-0.05, 0) is 76.5 Å². The molecule has 1 atom stereocenters. The largest absolute Gasteiger partial charge is 0.501 e. The number of para-hydroxylation sites is 1. The maximum atomic E-state index is 6.30. The van der Waals surface area contributed by atoms with Crippen molar-refractivity contribution < 1.29 is 24.5 Å².